The van der Waals surface area contributed by atoms with Crippen molar-refractivity contribution in [3.8, 4) is 5.75 Å². The van der Waals surface area contributed by atoms with Crippen LogP contribution in [0.5, 0.6) is 5.75 Å². The third-order valence-corrected chi connectivity index (χ3v) is 3.82. The lowest BCUT2D eigenvalue weighted by Crippen LogP contribution is -2.25. The first-order valence-corrected chi connectivity index (χ1v) is 8.92. The lowest BCUT2D eigenvalue weighted by atomic mass is 10.1. The smallest absolute Gasteiger partial charge is 0.255 e. The molecule has 0 radical (unpaired) electrons. The van der Waals surface area contributed by atoms with Gasteiger partial charge >= 0.3 is 0 Å². The summed E-state index contributed by atoms with van der Waals surface area (Å²) in [5.74, 6) is 0.861. The Morgan fingerprint density at radius 1 is 1.00 bits per heavy atom. The number of hydrogen-bond acceptors (Lipinski definition) is 3. The number of benzene rings is 2. The molecule has 0 aliphatic heterocycles. The Morgan fingerprint density at radius 3 is 2.27 bits per heavy atom. The predicted octanol–water partition coefficient (Wildman–Crippen LogP) is 4.11. The number of hydrogen-bond donors (Lipinski definition) is 2. The average molecular weight is 354 g/mol. The minimum Gasteiger partial charge on any atom is -0.494 e. The van der Waals surface area contributed by atoms with E-state index < -0.39 is 0 Å². The van der Waals surface area contributed by atoms with Crippen LogP contribution >= 0.6 is 0 Å². The van der Waals surface area contributed by atoms with Crippen molar-refractivity contribution in [2.75, 3.05) is 18.5 Å². The van der Waals surface area contributed by atoms with Gasteiger partial charge in [-0.1, -0.05) is 19.9 Å². The van der Waals surface area contributed by atoms with Gasteiger partial charge in [0, 0.05) is 23.4 Å². The van der Waals surface area contributed by atoms with Crippen LogP contribution in [-0.4, -0.2) is 25.0 Å². The second-order valence-corrected chi connectivity index (χ2v) is 6.43. The summed E-state index contributed by atoms with van der Waals surface area (Å²) in [5, 5.41) is 5.71. The molecule has 2 amide bonds. The summed E-state index contributed by atoms with van der Waals surface area (Å²) in [6.45, 7) is 7.36. The standard InChI is InChI=1S/C21H26N2O3/c1-4-26-19-10-8-18(9-11-19)23-21(25)17-7-5-6-16(14-17)20(24)22-13-12-15(2)3/h5-11,14-15H,4,12-13H2,1-3H3,(H,22,24)(H,23,25). The number of nitrogens with one attached hydrogen (secondary N) is 2. The highest BCUT2D eigenvalue weighted by Crippen LogP contribution is 2.17. The van der Waals surface area contributed by atoms with Crippen LogP contribution < -0.4 is 15.4 Å². The number of anilines is 1. The number of carbonyl (C=O) groups is 2. The summed E-state index contributed by atoms with van der Waals surface area (Å²) >= 11 is 0. The van der Waals surface area contributed by atoms with Gasteiger partial charge in [-0.05, 0) is 61.7 Å². The highest BCUT2D eigenvalue weighted by molar-refractivity contribution is 6.06. The first kappa shape index (κ1) is 19.5. The van der Waals surface area contributed by atoms with Gasteiger partial charge in [0.2, 0.25) is 0 Å². The fourth-order valence-corrected chi connectivity index (χ4v) is 2.38. The van der Waals surface area contributed by atoms with Gasteiger partial charge in [0.1, 0.15) is 5.75 Å². The van der Waals surface area contributed by atoms with E-state index in [9.17, 15) is 9.59 Å². The normalized spacial score (nSPS) is 10.5. The van der Waals surface area contributed by atoms with Crippen LogP contribution in [0.15, 0.2) is 48.5 Å². The SMILES string of the molecule is CCOc1ccc(NC(=O)c2cccc(C(=O)NCCC(C)C)c2)cc1. The van der Waals surface area contributed by atoms with Gasteiger partial charge in [-0.3, -0.25) is 9.59 Å². The molecule has 0 spiro atoms. The molecule has 0 atom stereocenters. The first-order valence-electron chi connectivity index (χ1n) is 8.92. The van der Waals surface area contributed by atoms with E-state index in [1.165, 1.54) is 0 Å². The maximum atomic E-state index is 12.4. The topological polar surface area (TPSA) is 67.4 Å². The summed E-state index contributed by atoms with van der Waals surface area (Å²) < 4.78 is 5.38. The van der Waals surface area contributed by atoms with Crippen LogP contribution in [0.1, 0.15) is 47.9 Å². The third-order valence-electron chi connectivity index (χ3n) is 3.82. The highest BCUT2D eigenvalue weighted by atomic mass is 16.5. The minimum absolute atomic E-state index is 0.165. The zero-order valence-corrected chi connectivity index (χ0v) is 15.5. The number of carbonyl (C=O) groups excluding carboxylic acids is 2. The van der Waals surface area contributed by atoms with Crippen molar-refractivity contribution in [1.82, 2.24) is 5.32 Å². The summed E-state index contributed by atoms with van der Waals surface area (Å²) in [7, 11) is 0. The predicted molar refractivity (Wildman–Crippen MR) is 104 cm³/mol. The van der Waals surface area contributed by atoms with Crippen LogP contribution in [0, 0.1) is 5.92 Å². The highest BCUT2D eigenvalue weighted by Gasteiger charge is 2.11. The molecule has 0 heterocycles. The van der Waals surface area contributed by atoms with Crippen LogP contribution in [0.25, 0.3) is 0 Å². The van der Waals surface area contributed by atoms with Gasteiger partial charge in [0.15, 0.2) is 0 Å². The third kappa shape index (κ3) is 5.92. The van der Waals surface area contributed by atoms with Gasteiger partial charge in [-0.15, -0.1) is 0 Å². The molecule has 0 saturated carbocycles. The van der Waals surface area contributed by atoms with Gasteiger partial charge in [0.05, 0.1) is 6.61 Å². The molecule has 26 heavy (non-hydrogen) atoms. The van der Waals surface area contributed by atoms with Crippen molar-refractivity contribution in [1.29, 1.82) is 0 Å². The second kappa shape index (κ2) is 9.61. The molecule has 0 aliphatic rings. The monoisotopic (exact) mass is 354 g/mol. The molecule has 0 aliphatic carbocycles. The van der Waals surface area contributed by atoms with Crippen LogP contribution in [0.3, 0.4) is 0 Å². The lowest BCUT2D eigenvalue weighted by molar-refractivity contribution is 0.0952. The Morgan fingerprint density at radius 2 is 1.65 bits per heavy atom. The van der Waals surface area contributed by atoms with E-state index in [4.69, 9.17) is 4.74 Å². The van der Waals surface area contributed by atoms with Crippen molar-refractivity contribution in [2.24, 2.45) is 5.92 Å². The molecule has 2 aromatic rings. The van der Waals surface area contributed by atoms with Crippen molar-refractivity contribution < 1.29 is 14.3 Å². The number of rotatable bonds is 8. The molecular formula is C21H26N2O3. The lowest BCUT2D eigenvalue weighted by Gasteiger charge is -2.09. The summed E-state index contributed by atoms with van der Waals surface area (Å²) in [6.07, 6.45) is 0.920. The Balaban J connectivity index is 1.99. The maximum absolute atomic E-state index is 12.4. The van der Waals surface area contributed by atoms with Crippen molar-refractivity contribution in [3.63, 3.8) is 0 Å². The zero-order valence-electron chi connectivity index (χ0n) is 15.5. The van der Waals surface area contributed by atoms with Crippen LogP contribution in [-0.2, 0) is 0 Å². The van der Waals surface area contributed by atoms with E-state index in [2.05, 4.69) is 24.5 Å². The van der Waals surface area contributed by atoms with E-state index in [0.717, 1.165) is 12.2 Å². The Hall–Kier alpha value is -2.82. The number of amides is 2. The molecule has 2 aromatic carbocycles. The molecule has 0 bridgehead atoms. The van der Waals surface area contributed by atoms with Crippen LogP contribution in [0.2, 0.25) is 0 Å². The molecule has 5 heteroatoms. The van der Waals surface area contributed by atoms with Crippen molar-refractivity contribution >= 4 is 17.5 Å². The Kier molecular flexibility index (Phi) is 7.21. The fraction of sp³-hybridized carbons (Fsp3) is 0.333. The summed E-state index contributed by atoms with van der Waals surface area (Å²) in [6, 6.07) is 13.9. The van der Waals surface area contributed by atoms with Crippen LogP contribution in [0.4, 0.5) is 5.69 Å². The Labute approximate surface area is 154 Å². The van der Waals surface area contributed by atoms with E-state index in [1.54, 1.807) is 48.5 Å². The van der Waals surface area contributed by atoms with Crippen molar-refractivity contribution in [3.05, 3.63) is 59.7 Å². The zero-order chi connectivity index (χ0) is 18.9. The first-order chi connectivity index (χ1) is 12.5. The van der Waals surface area contributed by atoms with Gasteiger partial charge in [-0.2, -0.15) is 0 Å². The molecule has 2 N–H and O–H groups in total. The van der Waals surface area contributed by atoms with E-state index in [-0.39, 0.29) is 11.8 Å². The largest absolute Gasteiger partial charge is 0.494 e. The second-order valence-electron chi connectivity index (χ2n) is 6.43. The Bertz CT molecular complexity index is 739. The molecule has 138 valence electrons. The minimum atomic E-state index is -0.258. The molecular weight excluding hydrogens is 328 g/mol. The summed E-state index contributed by atoms with van der Waals surface area (Å²) in [5.41, 5.74) is 1.59. The van der Waals surface area contributed by atoms with Crippen molar-refractivity contribution in [2.45, 2.75) is 27.2 Å². The van der Waals surface area contributed by atoms with Gasteiger partial charge < -0.3 is 15.4 Å². The summed E-state index contributed by atoms with van der Waals surface area (Å²) in [4.78, 5) is 24.6. The van der Waals surface area contributed by atoms with Gasteiger partial charge in [0.25, 0.3) is 11.8 Å². The van der Waals surface area contributed by atoms with E-state index >= 15 is 0 Å². The molecule has 0 saturated heterocycles. The fourth-order valence-electron chi connectivity index (χ4n) is 2.38. The average Bonchev–Trinajstić information content (AvgIpc) is 2.63. The molecule has 2 rings (SSSR count). The molecule has 0 fully saturated rings. The molecule has 0 aromatic heterocycles. The van der Waals surface area contributed by atoms with Gasteiger partial charge in [-0.25, -0.2) is 0 Å². The maximum Gasteiger partial charge on any atom is 0.255 e. The molecule has 0 unspecified atom stereocenters. The quantitative estimate of drug-likeness (QED) is 0.749. The van der Waals surface area contributed by atoms with E-state index in [0.29, 0.717) is 35.9 Å². The number of ether oxygens (including phenoxy) is 1. The molecule has 5 nitrogen and oxygen atoms in total. The van der Waals surface area contributed by atoms with E-state index in [1.807, 2.05) is 6.92 Å².